The molecule has 2 aromatic rings. The number of benzene rings is 2. The van der Waals surface area contributed by atoms with Crippen LogP contribution in [-0.4, -0.2) is 5.25 Å². The van der Waals surface area contributed by atoms with Gasteiger partial charge in [0.1, 0.15) is 0 Å². The molecule has 0 aliphatic heterocycles. The maximum absolute atomic E-state index is 6.46. The van der Waals surface area contributed by atoms with E-state index in [0.29, 0.717) is 5.25 Å². The first-order chi connectivity index (χ1) is 9.61. The Hall–Kier alpha value is -1.25. The molecule has 0 heterocycles. The van der Waals surface area contributed by atoms with Gasteiger partial charge in [-0.2, -0.15) is 0 Å². The highest BCUT2D eigenvalue weighted by atomic mass is 32.2. The lowest BCUT2D eigenvalue weighted by Crippen LogP contribution is -2.23. The van der Waals surface area contributed by atoms with E-state index in [4.69, 9.17) is 5.73 Å². The predicted molar refractivity (Wildman–Crippen MR) is 89.2 cm³/mol. The molecule has 106 valence electrons. The lowest BCUT2D eigenvalue weighted by Gasteiger charge is -2.23. The lowest BCUT2D eigenvalue weighted by atomic mass is 10.0. The van der Waals surface area contributed by atoms with Crippen molar-refractivity contribution >= 4 is 11.8 Å². The fourth-order valence-corrected chi connectivity index (χ4v) is 3.58. The van der Waals surface area contributed by atoms with Gasteiger partial charge in [-0.05, 0) is 37.5 Å². The highest BCUT2D eigenvalue weighted by molar-refractivity contribution is 8.00. The summed E-state index contributed by atoms with van der Waals surface area (Å²) in [6.45, 7) is 6.52. The number of hydrogen-bond acceptors (Lipinski definition) is 2. The molecule has 0 aromatic heterocycles. The standard InChI is InChI=1S/C18H23NS/c1-4-16(18(19)15-8-6-5-7-9-15)20-17-11-10-13(2)12-14(17)3/h5-12,16,18H,4,19H2,1-3H3. The molecule has 2 aromatic carbocycles. The quantitative estimate of drug-likeness (QED) is 0.793. The van der Waals surface area contributed by atoms with Gasteiger partial charge in [0.2, 0.25) is 0 Å². The van der Waals surface area contributed by atoms with Crippen LogP contribution in [0.1, 0.15) is 36.1 Å². The van der Waals surface area contributed by atoms with Crippen molar-refractivity contribution in [3.05, 3.63) is 65.2 Å². The minimum Gasteiger partial charge on any atom is -0.323 e. The molecule has 0 bridgehead atoms. The van der Waals surface area contributed by atoms with Crippen molar-refractivity contribution in [3.8, 4) is 0 Å². The van der Waals surface area contributed by atoms with Crippen LogP contribution in [0.5, 0.6) is 0 Å². The van der Waals surface area contributed by atoms with E-state index >= 15 is 0 Å². The molecular weight excluding hydrogens is 262 g/mol. The molecular formula is C18H23NS. The van der Waals surface area contributed by atoms with Crippen LogP contribution in [0.15, 0.2) is 53.4 Å². The monoisotopic (exact) mass is 285 g/mol. The van der Waals surface area contributed by atoms with Crippen LogP contribution in [0.3, 0.4) is 0 Å². The third-order valence-corrected chi connectivity index (χ3v) is 5.24. The normalized spacial score (nSPS) is 14.0. The van der Waals surface area contributed by atoms with E-state index in [0.717, 1.165) is 6.42 Å². The number of aryl methyl sites for hydroxylation is 2. The van der Waals surface area contributed by atoms with E-state index in [9.17, 15) is 0 Å². The van der Waals surface area contributed by atoms with Gasteiger partial charge in [0.05, 0.1) is 0 Å². The van der Waals surface area contributed by atoms with Crippen molar-refractivity contribution in [2.45, 2.75) is 43.4 Å². The summed E-state index contributed by atoms with van der Waals surface area (Å²) in [7, 11) is 0. The SMILES string of the molecule is CCC(Sc1ccc(C)cc1C)C(N)c1ccccc1. The van der Waals surface area contributed by atoms with Gasteiger partial charge in [0, 0.05) is 16.2 Å². The van der Waals surface area contributed by atoms with E-state index in [1.54, 1.807) is 0 Å². The Kier molecular flexibility index (Phi) is 5.27. The molecule has 20 heavy (non-hydrogen) atoms. The zero-order valence-corrected chi connectivity index (χ0v) is 13.3. The highest BCUT2D eigenvalue weighted by Gasteiger charge is 2.19. The third-order valence-electron chi connectivity index (χ3n) is 3.60. The van der Waals surface area contributed by atoms with E-state index < -0.39 is 0 Å². The highest BCUT2D eigenvalue weighted by Crippen LogP contribution is 2.34. The van der Waals surface area contributed by atoms with E-state index in [1.807, 2.05) is 17.8 Å². The average molecular weight is 285 g/mol. The molecule has 1 nitrogen and oxygen atoms in total. The summed E-state index contributed by atoms with van der Waals surface area (Å²) < 4.78 is 0. The molecule has 0 aliphatic rings. The largest absolute Gasteiger partial charge is 0.323 e. The molecule has 0 saturated heterocycles. The Labute approximate surface area is 126 Å². The molecule has 0 fully saturated rings. The smallest absolute Gasteiger partial charge is 0.0418 e. The van der Waals surface area contributed by atoms with Crippen LogP contribution in [0.4, 0.5) is 0 Å². The Balaban J connectivity index is 2.16. The van der Waals surface area contributed by atoms with Gasteiger partial charge in [-0.15, -0.1) is 11.8 Å². The molecule has 0 spiro atoms. The average Bonchev–Trinajstić information content (AvgIpc) is 2.47. The Morgan fingerprint density at radius 3 is 2.35 bits per heavy atom. The van der Waals surface area contributed by atoms with Gasteiger partial charge in [0.25, 0.3) is 0 Å². The molecule has 0 saturated carbocycles. The number of nitrogens with two attached hydrogens (primary N) is 1. The van der Waals surface area contributed by atoms with Gasteiger partial charge in [-0.25, -0.2) is 0 Å². The Morgan fingerprint density at radius 1 is 1.05 bits per heavy atom. The van der Waals surface area contributed by atoms with Crippen LogP contribution >= 0.6 is 11.8 Å². The van der Waals surface area contributed by atoms with Gasteiger partial charge in [-0.1, -0.05) is 55.0 Å². The fourth-order valence-electron chi connectivity index (χ4n) is 2.40. The summed E-state index contributed by atoms with van der Waals surface area (Å²) in [5.74, 6) is 0. The number of rotatable bonds is 5. The third kappa shape index (κ3) is 3.65. The molecule has 2 N–H and O–H groups in total. The van der Waals surface area contributed by atoms with Crippen molar-refractivity contribution in [1.82, 2.24) is 0 Å². The summed E-state index contributed by atoms with van der Waals surface area (Å²) in [5.41, 5.74) is 10.3. The summed E-state index contributed by atoms with van der Waals surface area (Å²) >= 11 is 1.90. The van der Waals surface area contributed by atoms with Crippen molar-refractivity contribution in [2.24, 2.45) is 5.73 Å². The minimum atomic E-state index is 0.0758. The molecule has 2 heteroatoms. The van der Waals surface area contributed by atoms with Gasteiger partial charge in [-0.3, -0.25) is 0 Å². The lowest BCUT2D eigenvalue weighted by molar-refractivity contribution is 0.656. The predicted octanol–water partition coefficient (Wildman–Crippen LogP) is 4.87. The number of thioether (sulfide) groups is 1. The maximum Gasteiger partial charge on any atom is 0.0418 e. The molecule has 0 amide bonds. The summed E-state index contributed by atoms with van der Waals surface area (Å²) in [6, 6.07) is 17.1. The number of hydrogen-bond donors (Lipinski definition) is 1. The summed E-state index contributed by atoms with van der Waals surface area (Å²) in [6.07, 6.45) is 1.06. The Morgan fingerprint density at radius 2 is 1.75 bits per heavy atom. The molecule has 0 aliphatic carbocycles. The van der Waals surface area contributed by atoms with Crippen LogP contribution in [0.2, 0.25) is 0 Å². The van der Waals surface area contributed by atoms with Crippen LogP contribution in [0, 0.1) is 13.8 Å². The molecule has 0 radical (unpaired) electrons. The van der Waals surface area contributed by atoms with Gasteiger partial charge < -0.3 is 5.73 Å². The van der Waals surface area contributed by atoms with Crippen molar-refractivity contribution in [2.75, 3.05) is 0 Å². The second-order valence-corrected chi connectivity index (χ2v) is 6.55. The second kappa shape index (κ2) is 6.96. The van der Waals surface area contributed by atoms with E-state index in [1.165, 1.54) is 21.6 Å². The Bertz CT molecular complexity index is 551. The van der Waals surface area contributed by atoms with Gasteiger partial charge >= 0.3 is 0 Å². The zero-order valence-electron chi connectivity index (χ0n) is 12.5. The van der Waals surface area contributed by atoms with Crippen LogP contribution in [0.25, 0.3) is 0 Å². The first kappa shape index (κ1) is 15.1. The second-order valence-electron chi connectivity index (χ2n) is 5.27. The summed E-state index contributed by atoms with van der Waals surface area (Å²) in [4.78, 5) is 1.34. The molecule has 2 rings (SSSR count). The van der Waals surface area contributed by atoms with Crippen molar-refractivity contribution in [3.63, 3.8) is 0 Å². The maximum atomic E-state index is 6.46. The summed E-state index contributed by atoms with van der Waals surface area (Å²) in [5, 5.41) is 0.402. The van der Waals surface area contributed by atoms with Crippen molar-refractivity contribution in [1.29, 1.82) is 0 Å². The first-order valence-electron chi connectivity index (χ1n) is 7.16. The topological polar surface area (TPSA) is 26.0 Å². The van der Waals surface area contributed by atoms with E-state index in [2.05, 4.69) is 63.2 Å². The molecule has 2 atom stereocenters. The van der Waals surface area contributed by atoms with Crippen LogP contribution in [-0.2, 0) is 0 Å². The van der Waals surface area contributed by atoms with Gasteiger partial charge in [0.15, 0.2) is 0 Å². The fraction of sp³-hybridized carbons (Fsp3) is 0.333. The van der Waals surface area contributed by atoms with Crippen LogP contribution < -0.4 is 5.73 Å². The minimum absolute atomic E-state index is 0.0758. The van der Waals surface area contributed by atoms with E-state index in [-0.39, 0.29) is 6.04 Å². The van der Waals surface area contributed by atoms with Crippen molar-refractivity contribution < 1.29 is 0 Å². The first-order valence-corrected chi connectivity index (χ1v) is 8.04. The zero-order chi connectivity index (χ0) is 14.5. The molecule has 2 unspecified atom stereocenters.